The van der Waals surface area contributed by atoms with E-state index in [2.05, 4.69) is 53.2 Å². The van der Waals surface area contributed by atoms with Gasteiger partial charge in [-0.25, -0.2) is 0 Å². The van der Waals surface area contributed by atoms with Crippen LogP contribution in [-0.4, -0.2) is 145 Å². The second-order valence-electron chi connectivity index (χ2n) is 20.5. The summed E-state index contributed by atoms with van der Waals surface area (Å²) in [7, 11) is 0. The molecule has 0 rings (SSSR count). The van der Waals surface area contributed by atoms with Crippen LogP contribution < -0.4 is 64.6 Å². The van der Waals surface area contributed by atoms with Crippen molar-refractivity contribution in [2.45, 2.75) is 170 Å². The number of carboxylic acids is 1. The van der Waals surface area contributed by atoms with Gasteiger partial charge in [0.2, 0.25) is 65.0 Å². The summed E-state index contributed by atoms with van der Waals surface area (Å²) in [6.07, 6.45) is 0.293. The van der Waals surface area contributed by atoms with Crippen LogP contribution in [0, 0.1) is 35.5 Å². The van der Waals surface area contributed by atoms with E-state index < -0.39 is 145 Å². The fraction of sp³-hybridized carbons (Fsp3) is 0.750. The minimum atomic E-state index is -1.71. The monoisotopic (exact) mass is 1040 g/mol. The van der Waals surface area contributed by atoms with Gasteiger partial charge in [0.25, 0.3) is 0 Å². The van der Waals surface area contributed by atoms with Crippen LogP contribution in [0.3, 0.4) is 0 Å². The Morgan fingerprint density at radius 2 is 0.699 bits per heavy atom. The van der Waals surface area contributed by atoms with Gasteiger partial charge in [0, 0.05) is 0 Å². The van der Waals surface area contributed by atoms with Crippen LogP contribution in [-0.2, 0) is 57.5 Å². The molecule has 0 spiro atoms. The summed E-state index contributed by atoms with van der Waals surface area (Å²) in [6, 6.07) is -8.56. The lowest BCUT2D eigenvalue weighted by Crippen LogP contribution is -2.59. The van der Waals surface area contributed by atoms with Gasteiger partial charge < -0.3 is 69.7 Å². The van der Waals surface area contributed by atoms with Crippen LogP contribution in [0.2, 0.25) is 0 Å². The summed E-state index contributed by atoms with van der Waals surface area (Å²) < 4.78 is 0. The van der Waals surface area contributed by atoms with E-state index in [9.17, 15) is 62.6 Å². The molecule has 8 atom stereocenters. The third-order valence-corrected chi connectivity index (χ3v) is 11.1. The quantitative estimate of drug-likeness (QED) is 0.0324. The molecule has 0 fully saturated rings. The molecule has 0 saturated carbocycles. The summed E-state index contributed by atoms with van der Waals surface area (Å²) in [5.74, 6) is -10.9. The topological polar surface area (TPSA) is 397 Å². The van der Waals surface area contributed by atoms with E-state index in [-0.39, 0.29) is 61.8 Å². The molecule has 0 heterocycles. The van der Waals surface area contributed by atoms with Gasteiger partial charge in [-0.1, -0.05) is 89.5 Å². The summed E-state index contributed by atoms with van der Waals surface area (Å²) in [5, 5.41) is 34.5. The number of amides is 11. The number of carboxylic acid groups (broad SMARTS) is 1. The molecule has 416 valence electrons. The minimum Gasteiger partial charge on any atom is -0.481 e. The summed E-state index contributed by atoms with van der Waals surface area (Å²) >= 11 is 0. The highest BCUT2D eigenvalue weighted by molar-refractivity contribution is 5.98. The van der Waals surface area contributed by atoms with E-state index in [1.807, 2.05) is 55.4 Å². The Balaban J connectivity index is 6.05. The fourth-order valence-corrected chi connectivity index (χ4v) is 7.26. The van der Waals surface area contributed by atoms with Crippen LogP contribution in [0.1, 0.15) is 128 Å². The van der Waals surface area contributed by atoms with E-state index in [0.29, 0.717) is 12.8 Å². The first-order chi connectivity index (χ1) is 33.9. The van der Waals surface area contributed by atoms with Crippen molar-refractivity contribution >= 4 is 70.9 Å². The Bertz CT molecular complexity index is 1890. The summed E-state index contributed by atoms with van der Waals surface area (Å²) in [4.78, 5) is 155. The van der Waals surface area contributed by atoms with Crippen molar-refractivity contribution in [2.75, 3.05) is 26.2 Å². The van der Waals surface area contributed by atoms with E-state index in [4.69, 9.17) is 11.5 Å². The number of carbonyl (C=O) groups is 12. The molecular formula is C48H86N12O13. The number of aliphatic carboxylic acids is 1. The molecular weight excluding hydrogens is 953 g/mol. The van der Waals surface area contributed by atoms with Crippen LogP contribution in [0.15, 0.2) is 0 Å². The second-order valence-corrected chi connectivity index (χ2v) is 20.5. The Morgan fingerprint density at radius 3 is 1.04 bits per heavy atom. The average Bonchev–Trinajstić information content (AvgIpc) is 3.27. The lowest BCUT2D eigenvalue weighted by molar-refractivity contribution is -0.141. The molecule has 0 aliphatic heterocycles. The van der Waals surface area contributed by atoms with Gasteiger partial charge in [0.1, 0.15) is 42.3 Å². The molecule has 0 aliphatic carbocycles. The molecule has 0 radical (unpaired) electrons. The smallest absolute Gasteiger partial charge is 0.305 e. The number of nitrogens with one attached hydrogen (secondary N) is 10. The molecule has 11 amide bonds. The maximum absolute atomic E-state index is 13.9. The molecule has 25 nitrogen and oxygen atoms in total. The zero-order valence-corrected chi connectivity index (χ0v) is 44.8. The predicted molar refractivity (Wildman–Crippen MR) is 270 cm³/mol. The first kappa shape index (κ1) is 66.6. The molecule has 0 bridgehead atoms. The van der Waals surface area contributed by atoms with Gasteiger partial charge in [-0.3, -0.25) is 57.5 Å². The van der Waals surface area contributed by atoms with Gasteiger partial charge >= 0.3 is 5.97 Å². The number of primary amides is 1. The van der Waals surface area contributed by atoms with Crippen molar-refractivity contribution in [1.82, 2.24) is 53.2 Å². The van der Waals surface area contributed by atoms with Gasteiger partial charge in [-0.05, 0) is 67.6 Å². The SMILES string of the molecule is CCC(C)C(NC(=O)C(CC(=O)O)NC(=O)CNC(=O)C(CC(C)C)NC(=O)CN)C(=O)NC(CC(C)C)C(=O)NCC(=O)NC(CC(C)C)C(=O)NC(CC(C)C)C(=O)NCC(=O)NC(CC(C)C)C(N)=O. The Labute approximate surface area is 429 Å². The van der Waals surface area contributed by atoms with Crippen molar-refractivity contribution in [3.8, 4) is 0 Å². The zero-order chi connectivity index (χ0) is 56.3. The molecule has 15 N–H and O–H groups in total. The fourth-order valence-electron chi connectivity index (χ4n) is 7.26. The van der Waals surface area contributed by atoms with E-state index in [1.165, 1.54) is 0 Å². The molecule has 73 heavy (non-hydrogen) atoms. The lowest BCUT2D eigenvalue weighted by atomic mass is 9.96. The number of carbonyl (C=O) groups excluding carboxylic acids is 11. The van der Waals surface area contributed by atoms with Crippen LogP contribution in [0.4, 0.5) is 0 Å². The third-order valence-electron chi connectivity index (χ3n) is 11.1. The first-order valence-corrected chi connectivity index (χ1v) is 25.0. The molecule has 0 aromatic rings. The molecule has 0 saturated heterocycles. The highest BCUT2D eigenvalue weighted by Crippen LogP contribution is 2.13. The van der Waals surface area contributed by atoms with Crippen LogP contribution >= 0.6 is 0 Å². The average molecular weight is 1040 g/mol. The zero-order valence-electron chi connectivity index (χ0n) is 44.8. The van der Waals surface area contributed by atoms with Crippen LogP contribution in [0.5, 0.6) is 0 Å². The van der Waals surface area contributed by atoms with E-state index >= 15 is 0 Å². The van der Waals surface area contributed by atoms with E-state index in [1.54, 1.807) is 27.7 Å². The predicted octanol–water partition coefficient (Wildman–Crippen LogP) is -2.08. The number of hydrogen-bond donors (Lipinski definition) is 13. The molecule has 0 aromatic heterocycles. The van der Waals surface area contributed by atoms with Gasteiger partial charge in [0.15, 0.2) is 0 Å². The van der Waals surface area contributed by atoms with Crippen molar-refractivity contribution in [3.05, 3.63) is 0 Å². The van der Waals surface area contributed by atoms with Crippen molar-refractivity contribution < 1.29 is 62.6 Å². The number of hydrogen-bond acceptors (Lipinski definition) is 13. The lowest BCUT2D eigenvalue weighted by Gasteiger charge is -2.28. The first-order valence-electron chi connectivity index (χ1n) is 25.0. The third kappa shape index (κ3) is 28.4. The summed E-state index contributed by atoms with van der Waals surface area (Å²) in [6.45, 7) is 19.3. The molecule has 0 aromatic carbocycles. The standard InChI is InChI=1S/C48H86N12O13/c1-13-29(12)41(60-47(72)35(19-40(65)66)57-39(64)23-51-43(68)31(15-25(4)5)55-36(61)20-49)48(73)59-33(17-27(8)9)45(70)53-22-38(63)56-34(18-28(10)11)46(71)58-32(16-26(6)7)44(69)52-21-37(62)54-30(42(50)67)14-24(2)3/h24-35,41H,13-23,49H2,1-12H3,(H2,50,67)(H,51,68)(H,52,69)(H,53,70)(H,54,62)(H,55,61)(H,56,63)(H,57,64)(H,58,71)(H,59,73)(H,60,72)(H,65,66). The van der Waals surface area contributed by atoms with Crippen LogP contribution in [0.25, 0.3) is 0 Å². The Kier molecular flexibility index (Phi) is 31.1. The second kappa shape index (κ2) is 34.1. The highest BCUT2D eigenvalue weighted by Gasteiger charge is 2.35. The largest absolute Gasteiger partial charge is 0.481 e. The molecule has 25 heteroatoms. The van der Waals surface area contributed by atoms with Gasteiger partial charge in [0.05, 0.1) is 32.6 Å². The van der Waals surface area contributed by atoms with Gasteiger partial charge in [-0.2, -0.15) is 0 Å². The van der Waals surface area contributed by atoms with Crippen molar-refractivity contribution in [3.63, 3.8) is 0 Å². The Morgan fingerprint density at radius 1 is 0.397 bits per heavy atom. The van der Waals surface area contributed by atoms with Crippen molar-refractivity contribution in [2.24, 2.45) is 47.0 Å². The molecule has 8 unspecified atom stereocenters. The molecule has 0 aliphatic rings. The number of nitrogens with two attached hydrogens (primary N) is 2. The highest BCUT2D eigenvalue weighted by atomic mass is 16.4. The normalized spacial score (nSPS) is 14.5. The summed E-state index contributed by atoms with van der Waals surface area (Å²) in [5.41, 5.74) is 10.8. The van der Waals surface area contributed by atoms with Gasteiger partial charge in [-0.15, -0.1) is 0 Å². The number of rotatable bonds is 35. The van der Waals surface area contributed by atoms with E-state index in [0.717, 1.165) is 0 Å². The maximum atomic E-state index is 13.9. The minimum absolute atomic E-state index is 0.0327. The maximum Gasteiger partial charge on any atom is 0.305 e. The Hall–Kier alpha value is -6.40. The van der Waals surface area contributed by atoms with Crippen molar-refractivity contribution in [1.29, 1.82) is 0 Å².